The van der Waals surface area contributed by atoms with Crippen LogP contribution in [0.5, 0.6) is 0 Å². The van der Waals surface area contributed by atoms with Crippen molar-refractivity contribution in [3.05, 3.63) is 12.3 Å². The Balaban J connectivity index is 2.24. The van der Waals surface area contributed by atoms with E-state index >= 15 is 0 Å². The van der Waals surface area contributed by atoms with Gasteiger partial charge in [-0.05, 0) is 24.8 Å². The average Bonchev–Trinajstić information content (AvgIpc) is 2.35. The summed E-state index contributed by atoms with van der Waals surface area (Å²) in [5.41, 5.74) is 5.48. The number of nitrogens with zero attached hydrogens (tertiary/aromatic N) is 2. The minimum Gasteiger partial charge on any atom is -0.382 e. The van der Waals surface area contributed by atoms with E-state index in [1.54, 1.807) is 0 Å². The molecule has 0 saturated carbocycles. The molecule has 0 spiro atoms. The van der Waals surface area contributed by atoms with E-state index in [0.717, 1.165) is 12.5 Å². The highest BCUT2D eigenvalue weighted by atomic mass is 15.3. The smallest absolute Gasteiger partial charge is 0.145 e. The highest BCUT2D eigenvalue weighted by Crippen LogP contribution is 2.05. The molecule has 0 aliphatic carbocycles. The zero-order valence-corrected chi connectivity index (χ0v) is 7.83. The van der Waals surface area contributed by atoms with Gasteiger partial charge in [0.05, 0.1) is 0 Å². The third-order valence-corrected chi connectivity index (χ3v) is 1.83. The predicted octanol–water partition coefficient (Wildman–Crippen LogP) is 1.90. The van der Waals surface area contributed by atoms with Gasteiger partial charge in [0.2, 0.25) is 0 Å². The molecule has 0 bridgehead atoms. The molecule has 3 nitrogen and oxygen atoms in total. The molecule has 0 aliphatic heterocycles. The van der Waals surface area contributed by atoms with Crippen LogP contribution in [-0.2, 0) is 6.54 Å². The predicted molar refractivity (Wildman–Crippen MR) is 50.7 cm³/mol. The lowest BCUT2D eigenvalue weighted by molar-refractivity contribution is 0.490. The van der Waals surface area contributed by atoms with Gasteiger partial charge in [0.1, 0.15) is 5.82 Å². The van der Waals surface area contributed by atoms with Crippen LogP contribution < -0.4 is 5.73 Å². The summed E-state index contributed by atoms with van der Waals surface area (Å²) in [5, 5.41) is 4.10. The van der Waals surface area contributed by atoms with Crippen molar-refractivity contribution in [2.45, 2.75) is 33.2 Å². The number of aryl methyl sites for hydroxylation is 1. The fourth-order valence-electron chi connectivity index (χ4n) is 1.16. The third kappa shape index (κ3) is 2.95. The summed E-state index contributed by atoms with van der Waals surface area (Å²) in [5.74, 6) is 1.39. The second kappa shape index (κ2) is 4.14. The lowest BCUT2D eigenvalue weighted by Crippen LogP contribution is -2.01. The Morgan fingerprint density at radius 3 is 2.83 bits per heavy atom. The van der Waals surface area contributed by atoms with Crippen LogP contribution in [0.4, 0.5) is 5.82 Å². The lowest BCUT2D eigenvalue weighted by Gasteiger charge is -2.03. The molecule has 12 heavy (non-hydrogen) atoms. The van der Waals surface area contributed by atoms with Gasteiger partial charge in [0.25, 0.3) is 0 Å². The van der Waals surface area contributed by atoms with E-state index in [9.17, 15) is 0 Å². The van der Waals surface area contributed by atoms with E-state index in [1.807, 2.05) is 16.9 Å². The van der Waals surface area contributed by atoms with Gasteiger partial charge in [-0.1, -0.05) is 13.8 Å². The van der Waals surface area contributed by atoms with Crippen molar-refractivity contribution >= 4 is 5.82 Å². The standard InChI is InChI=1S/C9H17N3/c1-8(2)4-3-6-12-7-5-9(10)11-12/h5,7-8H,3-4,6H2,1-2H3,(H2,10,11). The number of rotatable bonds is 4. The number of hydrogen-bond donors (Lipinski definition) is 1. The Morgan fingerprint density at radius 2 is 2.33 bits per heavy atom. The van der Waals surface area contributed by atoms with E-state index in [-0.39, 0.29) is 0 Å². The second-order valence-corrected chi connectivity index (χ2v) is 3.54. The average molecular weight is 167 g/mol. The van der Waals surface area contributed by atoms with Crippen LogP contribution in [0.3, 0.4) is 0 Å². The van der Waals surface area contributed by atoms with Crippen molar-refractivity contribution in [3.8, 4) is 0 Å². The Morgan fingerprint density at radius 1 is 1.58 bits per heavy atom. The van der Waals surface area contributed by atoms with Gasteiger partial charge in [-0.3, -0.25) is 4.68 Å². The van der Waals surface area contributed by atoms with Crippen LogP contribution in [-0.4, -0.2) is 9.78 Å². The first kappa shape index (κ1) is 9.10. The van der Waals surface area contributed by atoms with E-state index in [1.165, 1.54) is 12.8 Å². The van der Waals surface area contributed by atoms with Crippen molar-refractivity contribution in [2.24, 2.45) is 5.92 Å². The molecule has 2 N–H and O–H groups in total. The molecule has 0 radical (unpaired) electrons. The van der Waals surface area contributed by atoms with Crippen LogP contribution in [0.25, 0.3) is 0 Å². The molecule has 0 amide bonds. The van der Waals surface area contributed by atoms with E-state index in [2.05, 4.69) is 18.9 Å². The minimum atomic E-state index is 0.611. The van der Waals surface area contributed by atoms with Crippen LogP contribution in [0.1, 0.15) is 26.7 Å². The number of hydrogen-bond acceptors (Lipinski definition) is 2. The van der Waals surface area contributed by atoms with Gasteiger partial charge in [-0.2, -0.15) is 5.10 Å². The first-order valence-electron chi connectivity index (χ1n) is 4.47. The Bertz CT molecular complexity index is 227. The molecule has 0 aromatic carbocycles. The molecule has 1 aromatic rings. The Labute approximate surface area is 73.6 Å². The zero-order valence-electron chi connectivity index (χ0n) is 7.83. The minimum absolute atomic E-state index is 0.611. The monoisotopic (exact) mass is 167 g/mol. The van der Waals surface area contributed by atoms with E-state index in [0.29, 0.717) is 5.82 Å². The number of anilines is 1. The molecule has 68 valence electrons. The van der Waals surface area contributed by atoms with E-state index in [4.69, 9.17) is 5.73 Å². The molecule has 0 saturated heterocycles. The first-order chi connectivity index (χ1) is 5.68. The van der Waals surface area contributed by atoms with Gasteiger partial charge >= 0.3 is 0 Å². The topological polar surface area (TPSA) is 43.8 Å². The van der Waals surface area contributed by atoms with Gasteiger partial charge in [-0.25, -0.2) is 0 Å². The van der Waals surface area contributed by atoms with Crippen LogP contribution >= 0.6 is 0 Å². The second-order valence-electron chi connectivity index (χ2n) is 3.54. The molecule has 0 fully saturated rings. The van der Waals surface area contributed by atoms with Gasteiger partial charge < -0.3 is 5.73 Å². The molecule has 0 aliphatic rings. The molecular weight excluding hydrogens is 150 g/mol. The summed E-state index contributed by atoms with van der Waals surface area (Å²) in [7, 11) is 0. The molecule has 0 unspecified atom stereocenters. The summed E-state index contributed by atoms with van der Waals surface area (Å²) < 4.78 is 1.90. The Kier molecular flexibility index (Phi) is 3.14. The number of nitrogen functional groups attached to an aromatic ring is 1. The lowest BCUT2D eigenvalue weighted by atomic mass is 10.1. The summed E-state index contributed by atoms with van der Waals surface area (Å²) in [6.07, 6.45) is 4.36. The highest BCUT2D eigenvalue weighted by Gasteiger charge is 1.96. The van der Waals surface area contributed by atoms with Crippen LogP contribution in [0.15, 0.2) is 12.3 Å². The number of nitrogens with two attached hydrogens (primary N) is 1. The van der Waals surface area contributed by atoms with Crippen LogP contribution in [0.2, 0.25) is 0 Å². The van der Waals surface area contributed by atoms with Gasteiger partial charge in [0, 0.05) is 12.7 Å². The van der Waals surface area contributed by atoms with Crippen molar-refractivity contribution in [1.29, 1.82) is 0 Å². The van der Waals surface area contributed by atoms with Gasteiger partial charge in [0.15, 0.2) is 0 Å². The molecule has 1 aromatic heterocycles. The quantitative estimate of drug-likeness (QED) is 0.744. The van der Waals surface area contributed by atoms with Crippen molar-refractivity contribution in [2.75, 3.05) is 5.73 Å². The van der Waals surface area contributed by atoms with Crippen molar-refractivity contribution < 1.29 is 0 Å². The largest absolute Gasteiger partial charge is 0.382 e. The summed E-state index contributed by atoms with van der Waals surface area (Å²) in [6, 6.07) is 1.83. The van der Waals surface area contributed by atoms with Crippen LogP contribution in [0, 0.1) is 5.92 Å². The van der Waals surface area contributed by atoms with Gasteiger partial charge in [-0.15, -0.1) is 0 Å². The molecular formula is C9H17N3. The number of aromatic nitrogens is 2. The fraction of sp³-hybridized carbons (Fsp3) is 0.667. The fourth-order valence-corrected chi connectivity index (χ4v) is 1.16. The third-order valence-electron chi connectivity index (χ3n) is 1.83. The molecule has 3 heteroatoms. The maximum Gasteiger partial charge on any atom is 0.145 e. The highest BCUT2D eigenvalue weighted by molar-refractivity contribution is 5.23. The van der Waals surface area contributed by atoms with E-state index < -0.39 is 0 Å². The normalized spacial score (nSPS) is 10.9. The summed E-state index contributed by atoms with van der Waals surface area (Å²) >= 11 is 0. The molecule has 0 atom stereocenters. The summed E-state index contributed by atoms with van der Waals surface area (Å²) in [6.45, 7) is 5.45. The zero-order chi connectivity index (χ0) is 8.97. The van der Waals surface area contributed by atoms with Crippen molar-refractivity contribution in [3.63, 3.8) is 0 Å². The molecule has 1 heterocycles. The molecule has 1 rings (SSSR count). The summed E-state index contributed by atoms with van der Waals surface area (Å²) in [4.78, 5) is 0. The Hall–Kier alpha value is -0.990. The maximum atomic E-state index is 5.48. The SMILES string of the molecule is CC(C)CCCn1ccc(N)n1. The maximum absolute atomic E-state index is 5.48. The van der Waals surface area contributed by atoms with Crippen molar-refractivity contribution in [1.82, 2.24) is 9.78 Å². The first-order valence-corrected chi connectivity index (χ1v) is 4.47.